The first-order valence-corrected chi connectivity index (χ1v) is 4.84. The molecular weight excluding hydrogens is 258 g/mol. The Morgan fingerprint density at radius 1 is 1.56 bits per heavy atom. The third-order valence-electron chi connectivity index (χ3n) is 2.11. The number of rotatable bonds is 5. The van der Waals surface area contributed by atoms with Gasteiger partial charge < -0.3 is 9.84 Å². The highest BCUT2D eigenvalue weighted by Crippen LogP contribution is 2.31. The van der Waals surface area contributed by atoms with Crippen LogP contribution in [0.3, 0.4) is 0 Å². The van der Waals surface area contributed by atoms with Gasteiger partial charge in [-0.3, -0.25) is 4.98 Å². The molecule has 0 aromatic carbocycles. The van der Waals surface area contributed by atoms with E-state index in [9.17, 15) is 22.4 Å². The number of pyridine rings is 1. The van der Waals surface area contributed by atoms with Crippen molar-refractivity contribution in [2.75, 3.05) is 0 Å². The predicted octanol–water partition coefficient (Wildman–Crippen LogP) is 2.42. The van der Waals surface area contributed by atoms with Crippen LogP contribution in [-0.2, 0) is 17.1 Å². The average molecular weight is 267 g/mol. The largest absolute Gasteiger partial charge is 0.476 e. The standard InChI is InChI=1S/C10H9F4NO3/c1-2-5-3-6(18-9(11)12)4-15-7(5)10(13,14)8(16)17/h3-4,9H,2H2,1H3,(H,16,17). The molecule has 1 aromatic rings. The van der Waals surface area contributed by atoms with Crippen molar-refractivity contribution >= 4 is 5.97 Å². The molecule has 0 aliphatic carbocycles. The van der Waals surface area contributed by atoms with E-state index >= 15 is 0 Å². The van der Waals surface area contributed by atoms with Gasteiger partial charge in [0.2, 0.25) is 0 Å². The van der Waals surface area contributed by atoms with Gasteiger partial charge >= 0.3 is 18.5 Å². The highest BCUT2D eigenvalue weighted by atomic mass is 19.3. The third kappa shape index (κ3) is 2.88. The van der Waals surface area contributed by atoms with E-state index in [0.29, 0.717) is 6.20 Å². The van der Waals surface area contributed by atoms with Crippen LogP contribution < -0.4 is 4.74 Å². The van der Waals surface area contributed by atoms with Gasteiger partial charge in [-0.05, 0) is 18.1 Å². The minimum absolute atomic E-state index is 0.00560. The van der Waals surface area contributed by atoms with Crippen molar-refractivity contribution in [3.05, 3.63) is 23.5 Å². The maximum atomic E-state index is 13.3. The summed E-state index contributed by atoms with van der Waals surface area (Å²) < 4.78 is 54.4. The lowest BCUT2D eigenvalue weighted by molar-refractivity contribution is -0.167. The fraction of sp³-hybridized carbons (Fsp3) is 0.400. The van der Waals surface area contributed by atoms with E-state index in [-0.39, 0.29) is 12.0 Å². The van der Waals surface area contributed by atoms with Gasteiger partial charge in [0.15, 0.2) is 0 Å². The van der Waals surface area contributed by atoms with Crippen LogP contribution in [0.2, 0.25) is 0 Å². The van der Waals surface area contributed by atoms with Crippen LogP contribution >= 0.6 is 0 Å². The SMILES string of the molecule is CCc1cc(OC(F)F)cnc1C(F)(F)C(=O)O. The summed E-state index contributed by atoms with van der Waals surface area (Å²) in [5, 5.41) is 8.39. The summed E-state index contributed by atoms with van der Waals surface area (Å²) in [5.74, 6) is -6.92. The molecule has 0 unspecified atom stereocenters. The molecule has 1 heterocycles. The van der Waals surface area contributed by atoms with Gasteiger partial charge in [0.1, 0.15) is 11.4 Å². The van der Waals surface area contributed by atoms with Gasteiger partial charge in [-0.2, -0.15) is 17.6 Å². The summed E-state index contributed by atoms with van der Waals surface area (Å²) >= 11 is 0. The van der Waals surface area contributed by atoms with Crippen LogP contribution in [-0.4, -0.2) is 22.7 Å². The van der Waals surface area contributed by atoms with Gasteiger partial charge in [-0.25, -0.2) is 4.79 Å². The molecule has 0 fully saturated rings. The van der Waals surface area contributed by atoms with Crippen LogP contribution in [0.5, 0.6) is 5.75 Å². The van der Waals surface area contributed by atoms with Crippen molar-refractivity contribution < 1.29 is 32.2 Å². The molecule has 0 amide bonds. The number of aromatic nitrogens is 1. The lowest BCUT2D eigenvalue weighted by atomic mass is 10.1. The first-order valence-electron chi connectivity index (χ1n) is 4.84. The van der Waals surface area contributed by atoms with Gasteiger partial charge in [0.25, 0.3) is 0 Å². The molecule has 0 bridgehead atoms. The molecule has 0 saturated carbocycles. The lowest BCUT2D eigenvalue weighted by Gasteiger charge is -2.15. The van der Waals surface area contributed by atoms with Crippen molar-refractivity contribution in [2.24, 2.45) is 0 Å². The first-order chi connectivity index (χ1) is 8.28. The van der Waals surface area contributed by atoms with Crippen molar-refractivity contribution in [2.45, 2.75) is 25.9 Å². The summed E-state index contributed by atoms with van der Waals surface area (Å²) in [4.78, 5) is 13.6. The second-order valence-corrected chi connectivity index (χ2v) is 3.29. The van der Waals surface area contributed by atoms with Crippen LogP contribution in [0.1, 0.15) is 18.2 Å². The van der Waals surface area contributed by atoms with Crippen LogP contribution in [0.25, 0.3) is 0 Å². The Labute approximate surface area is 99.2 Å². The second kappa shape index (κ2) is 5.19. The number of carboxylic acid groups (broad SMARTS) is 1. The Bertz CT molecular complexity index is 451. The number of aliphatic carboxylic acids is 1. The number of carbonyl (C=O) groups is 1. The van der Waals surface area contributed by atoms with E-state index < -0.39 is 29.9 Å². The Morgan fingerprint density at radius 3 is 2.61 bits per heavy atom. The zero-order valence-corrected chi connectivity index (χ0v) is 9.16. The Morgan fingerprint density at radius 2 is 2.17 bits per heavy atom. The van der Waals surface area contributed by atoms with Gasteiger partial charge in [0, 0.05) is 0 Å². The van der Waals surface area contributed by atoms with E-state index in [1.165, 1.54) is 6.92 Å². The van der Waals surface area contributed by atoms with Gasteiger partial charge in [0.05, 0.1) is 6.20 Å². The van der Waals surface area contributed by atoms with E-state index in [2.05, 4.69) is 9.72 Å². The molecule has 8 heteroatoms. The molecule has 0 atom stereocenters. The number of aryl methyl sites for hydroxylation is 1. The zero-order chi connectivity index (χ0) is 13.9. The lowest BCUT2D eigenvalue weighted by Crippen LogP contribution is -2.28. The smallest absolute Gasteiger partial charge is 0.387 e. The quantitative estimate of drug-likeness (QED) is 0.832. The third-order valence-corrected chi connectivity index (χ3v) is 2.11. The highest BCUT2D eigenvalue weighted by Gasteiger charge is 2.44. The van der Waals surface area contributed by atoms with Crippen LogP contribution in [0.4, 0.5) is 17.6 Å². The molecule has 0 aliphatic heterocycles. The number of hydrogen-bond donors (Lipinski definition) is 1. The van der Waals surface area contributed by atoms with E-state index in [1.54, 1.807) is 0 Å². The molecule has 0 saturated heterocycles. The summed E-state index contributed by atoms with van der Waals surface area (Å²) in [6.07, 6.45) is 0.642. The molecule has 4 nitrogen and oxygen atoms in total. The molecular formula is C10H9F4NO3. The minimum atomic E-state index is -4.17. The summed E-state index contributed by atoms with van der Waals surface area (Å²) in [6.45, 7) is -1.65. The zero-order valence-electron chi connectivity index (χ0n) is 9.16. The van der Waals surface area contributed by atoms with Crippen molar-refractivity contribution in [3.63, 3.8) is 0 Å². The normalized spacial score (nSPS) is 11.7. The maximum Gasteiger partial charge on any atom is 0.387 e. The average Bonchev–Trinajstić information content (AvgIpc) is 2.27. The highest BCUT2D eigenvalue weighted by molar-refractivity contribution is 5.77. The second-order valence-electron chi connectivity index (χ2n) is 3.29. The minimum Gasteiger partial charge on any atom is -0.476 e. The number of halogens is 4. The van der Waals surface area contributed by atoms with Crippen molar-refractivity contribution in [1.29, 1.82) is 0 Å². The monoisotopic (exact) mass is 267 g/mol. The molecule has 100 valence electrons. The van der Waals surface area contributed by atoms with E-state index in [1.807, 2.05) is 0 Å². The molecule has 18 heavy (non-hydrogen) atoms. The molecule has 0 radical (unpaired) electrons. The molecule has 1 N–H and O–H groups in total. The Hall–Kier alpha value is -1.86. The van der Waals surface area contributed by atoms with E-state index in [4.69, 9.17) is 5.11 Å². The molecule has 0 spiro atoms. The fourth-order valence-electron chi connectivity index (χ4n) is 1.31. The molecule has 0 aliphatic rings. The van der Waals surface area contributed by atoms with Gasteiger partial charge in [-0.15, -0.1) is 0 Å². The van der Waals surface area contributed by atoms with Crippen LogP contribution in [0.15, 0.2) is 12.3 Å². The molecule has 1 aromatic heterocycles. The number of hydrogen-bond acceptors (Lipinski definition) is 3. The maximum absolute atomic E-state index is 13.3. The van der Waals surface area contributed by atoms with Crippen molar-refractivity contribution in [1.82, 2.24) is 4.98 Å². The van der Waals surface area contributed by atoms with Crippen LogP contribution in [0, 0.1) is 0 Å². The number of ether oxygens (including phenoxy) is 1. The number of nitrogens with zero attached hydrogens (tertiary/aromatic N) is 1. The summed E-state index contributed by atoms with van der Waals surface area (Å²) in [6, 6.07) is 0.922. The fourth-order valence-corrected chi connectivity index (χ4v) is 1.31. The Kier molecular flexibility index (Phi) is 4.10. The number of carboxylic acids is 1. The Balaban J connectivity index is 3.19. The summed E-state index contributed by atoms with van der Waals surface area (Å²) in [7, 11) is 0. The van der Waals surface area contributed by atoms with Gasteiger partial charge in [-0.1, -0.05) is 6.92 Å². The summed E-state index contributed by atoms with van der Waals surface area (Å²) in [5.41, 5.74) is -1.14. The number of alkyl halides is 4. The topological polar surface area (TPSA) is 59.4 Å². The predicted molar refractivity (Wildman–Crippen MR) is 51.8 cm³/mol. The first kappa shape index (κ1) is 14.2. The van der Waals surface area contributed by atoms with E-state index in [0.717, 1.165) is 6.07 Å². The molecule has 1 rings (SSSR count). The van der Waals surface area contributed by atoms with Crippen molar-refractivity contribution in [3.8, 4) is 5.75 Å².